The normalized spacial score (nSPS) is 11.6. The maximum Gasteiger partial charge on any atom is 0.264 e. The Morgan fingerprint density at radius 2 is 1.63 bits per heavy atom. The molecule has 196 valence electrons. The Bertz CT molecular complexity index is 1590. The molecule has 0 saturated heterocycles. The summed E-state index contributed by atoms with van der Waals surface area (Å²) in [6, 6.07) is 19.6. The summed E-state index contributed by atoms with van der Waals surface area (Å²) in [6.45, 7) is 3.22. The zero-order chi connectivity index (χ0) is 27.4. The van der Waals surface area contributed by atoms with E-state index in [-0.39, 0.29) is 10.6 Å². The van der Waals surface area contributed by atoms with Crippen LogP contribution in [0, 0.1) is 19.7 Å². The second-order valence-corrected chi connectivity index (χ2v) is 11.1. The van der Waals surface area contributed by atoms with E-state index in [1.165, 1.54) is 30.5 Å². The maximum atomic E-state index is 13.5. The number of amides is 1. The second kappa shape index (κ2) is 11.4. The Labute approximate surface area is 230 Å². The van der Waals surface area contributed by atoms with Crippen molar-refractivity contribution >= 4 is 51.0 Å². The van der Waals surface area contributed by atoms with E-state index in [9.17, 15) is 17.6 Å². The van der Waals surface area contributed by atoms with Crippen LogP contribution in [0.5, 0.6) is 0 Å². The van der Waals surface area contributed by atoms with Crippen LogP contribution in [0.2, 0.25) is 10.0 Å². The van der Waals surface area contributed by atoms with Crippen molar-refractivity contribution in [1.82, 2.24) is 9.99 Å². The number of nitrogens with zero attached hydrogens (tertiary/aromatic N) is 3. The van der Waals surface area contributed by atoms with Gasteiger partial charge in [0.05, 0.1) is 16.8 Å². The van der Waals surface area contributed by atoms with Crippen molar-refractivity contribution in [3.63, 3.8) is 0 Å². The molecule has 1 heterocycles. The number of aromatic nitrogens is 1. The first kappa shape index (κ1) is 27.4. The van der Waals surface area contributed by atoms with Gasteiger partial charge in [-0.3, -0.25) is 9.10 Å². The Hall–Kier alpha value is -3.66. The van der Waals surface area contributed by atoms with Gasteiger partial charge in [0.2, 0.25) is 0 Å². The summed E-state index contributed by atoms with van der Waals surface area (Å²) >= 11 is 12.3. The Morgan fingerprint density at radius 3 is 2.26 bits per heavy atom. The van der Waals surface area contributed by atoms with Gasteiger partial charge in [-0.25, -0.2) is 18.2 Å². The number of carbonyl (C=O) groups excluding carboxylic acids is 1. The number of hydrogen-bond donors (Lipinski definition) is 1. The van der Waals surface area contributed by atoms with E-state index < -0.39 is 28.3 Å². The third-order valence-corrected chi connectivity index (χ3v) is 7.93. The second-order valence-electron chi connectivity index (χ2n) is 8.38. The molecule has 38 heavy (non-hydrogen) atoms. The third kappa shape index (κ3) is 6.07. The van der Waals surface area contributed by atoms with Crippen LogP contribution in [0.1, 0.15) is 17.0 Å². The molecule has 0 spiro atoms. The lowest BCUT2D eigenvalue weighted by atomic mass is 10.2. The van der Waals surface area contributed by atoms with E-state index in [1.54, 1.807) is 36.4 Å². The molecule has 4 rings (SSSR count). The first-order valence-corrected chi connectivity index (χ1v) is 13.6. The number of hydrogen-bond acceptors (Lipinski definition) is 4. The Morgan fingerprint density at radius 1 is 1.00 bits per heavy atom. The highest BCUT2D eigenvalue weighted by Crippen LogP contribution is 2.26. The topological polar surface area (TPSA) is 83.8 Å². The number of halogens is 3. The smallest absolute Gasteiger partial charge is 0.264 e. The quantitative estimate of drug-likeness (QED) is 0.211. The first-order chi connectivity index (χ1) is 18.1. The Kier molecular flexibility index (Phi) is 8.20. The van der Waals surface area contributed by atoms with Crippen molar-refractivity contribution in [2.24, 2.45) is 5.10 Å². The molecule has 3 aromatic carbocycles. The van der Waals surface area contributed by atoms with E-state index in [0.717, 1.165) is 39.1 Å². The fourth-order valence-electron chi connectivity index (χ4n) is 3.97. The number of rotatable bonds is 8. The number of anilines is 1. The SMILES string of the molecule is Cc1cc(/C=N\NC(=O)CN(c2ccc(F)cc2)S(=O)(=O)c2ccccc2)c(C)n1-c1cc(Cl)cc(Cl)c1. The van der Waals surface area contributed by atoms with Crippen LogP contribution in [0.3, 0.4) is 0 Å². The number of nitrogens with one attached hydrogen (secondary N) is 1. The zero-order valence-electron chi connectivity index (χ0n) is 20.4. The van der Waals surface area contributed by atoms with E-state index in [0.29, 0.717) is 10.0 Å². The third-order valence-electron chi connectivity index (χ3n) is 5.70. The van der Waals surface area contributed by atoms with Gasteiger partial charge in [-0.15, -0.1) is 0 Å². The zero-order valence-corrected chi connectivity index (χ0v) is 22.7. The van der Waals surface area contributed by atoms with E-state index >= 15 is 0 Å². The van der Waals surface area contributed by atoms with Crippen LogP contribution in [-0.2, 0) is 14.8 Å². The van der Waals surface area contributed by atoms with Crippen LogP contribution in [0.4, 0.5) is 10.1 Å². The molecule has 0 aliphatic rings. The van der Waals surface area contributed by atoms with Gasteiger partial charge in [0.1, 0.15) is 12.4 Å². The van der Waals surface area contributed by atoms with Crippen LogP contribution in [-0.4, -0.2) is 31.7 Å². The van der Waals surface area contributed by atoms with E-state index in [4.69, 9.17) is 23.2 Å². The number of benzene rings is 3. The number of carbonyl (C=O) groups is 1. The largest absolute Gasteiger partial charge is 0.318 e. The van der Waals surface area contributed by atoms with Crippen molar-refractivity contribution in [2.45, 2.75) is 18.7 Å². The Balaban J connectivity index is 1.55. The number of sulfonamides is 1. The lowest BCUT2D eigenvalue weighted by Crippen LogP contribution is -2.39. The maximum absolute atomic E-state index is 13.5. The highest BCUT2D eigenvalue weighted by Gasteiger charge is 2.27. The highest BCUT2D eigenvalue weighted by molar-refractivity contribution is 7.92. The van der Waals surface area contributed by atoms with Gasteiger partial charge >= 0.3 is 0 Å². The van der Waals surface area contributed by atoms with Crippen LogP contribution in [0.15, 0.2) is 88.9 Å². The van der Waals surface area contributed by atoms with Crippen LogP contribution in [0.25, 0.3) is 5.69 Å². The summed E-state index contributed by atoms with van der Waals surface area (Å²) in [5.41, 5.74) is 5.75. The predicted octanol–water partition coefficient (Wildman–Crippen LogP) is 5.89. The van der Waals surface area contributed by atoms with Gasteiger partial charge < -0.3 is 4.57 Å². The molecule has 7 nitrogen and oxygen atoms in total. The molecule has 0 saturated carbocycles. The average Bonchev–Trinajstić information content (AvgIpc) is 3.15. The summed E-state index contributed by atoms with van der Waals surface area (Å²) in [4.78, 5) is 12.8. The minimum absolute atomic E-state index is 0.00538. The van der Waals surface area contributed by atoms with Gasteiger partial charge in [-0.1, -0.05) is 41.4 Å². The predicted molar refractivity (Wildman–Crippen MR) is 148 cm³/mol. The fraction of sp³-hybridized carbons (Fsp3) is 0.111. The number of hydrazone groups is 1. The molecule has 0 unspecified atom stereocenters. The summed E-state index contributed by atoms with van der Waals surface area (Å²) in [5, 5.41) is 5.03. The summed E-state index contributed by atoms with van der Waals surface area (Å²) < 4.78 is 43.0. The molecule has 1 amide bonds. The van der Waals surface area contributed by atoms with Gasteiger partial charge in [0.25, 0.3) is 15.9 Å². The standard InChI is InChI=1S/C27H23Cl2FN4O3S/c1-18-12-20(19(2)34(18)25-14-21(28)13-22(29)15-25)16-31-32-27(35)17-33(24-10-8-23(30)9-11-24)38(36,37)26-6-4-3-5-7-26/h3-16H,17H2,1-2H3,(H,32,35)/b31-16-. The first-order valence-electron chi connectivity index (χ1n) is 11.4. The average molecular weight is 573 g/mol. The highest BCUT2D eigenvalue weighted by atomic mass is 35.5. The molecular weight excluding hydrogens is 550 g/mol. The molecule has 0 aliphatic carbocycles. The molecular formula is C27H23Cl2FN4O3S. The summed E-state index contributed by atoms with van der Waals surface area (Å²) in [5.74, 6) is -1.21. The van der Waals surface area contributed by atoms with Crippen LogP contribution >= 0.6 is 23.2 Å². The molecule has 4 aromatic rings. The number of aryl methyl sites for hydroxylation is 1. The molecule has 0 aliphatic heterocycles. The molecule has 0 radical (unpaired) electrons. The summed E-state index contributed by atoms with van der Waals surface area (Å²) in [6.07, 6.45) is 1.47. The van der Waals surface area contributed by atoms with Crippen molar-refractivity contribution in [3.05, 3.63) is 112 Å². The lowest BCUT2D eigenvalue weighted by molar-refractivity contribution is -0.119. The molecule has 1 N–H and O–H groups in total. The van der Waals surface area contributed by atoms with Gasteiger partial charge in [-0.2, -0.15) is 5.10 Å². The van der Waals surface area contributed by atoms with Gasteiger partial charge in [0, 0.05) is 32.7 Å². The van der Waals surface area contributed by atoms with Crippen LogP contribution < -0.4 is 9.73 Å². The minimum Gasteiger partial charge on any atom is -0.318 e. The van der Waals surface area contributed by atoms with Crippen molar-refractivity contribution < 1.29 is 17.6 Å². The molecule has 1 aromatic heterocycles. The minimum atomic E-state index is -4.11. The molecule has 0 atom stereocenters. The molecule has 11 heteroatoms. The van der Waals surface area contributed by atoms with E-state index in [1.807, 2.05) is 24.5 Å². The van der Waals surface area contributed by atoms with Crippen molar-refractivity contribution in [3.8, 4) is 5.69 Å². The van der Waals surface area contributed by atoms with Gasteiger partial charge in [0.15, 0.2) is 0 Å². The van der Waals surface area contributed by atoms with E-state index in [2.05, 4.69) is 10.5 Å². The molecule has 0 bridgehead atoms. The molecule has 0 fully saturated rings. The van der Waals surface area contributed by atoms with Crippen molar-refractivity contribution in [1.29, 1.82) is 0 Å². The van der Waals surface area contributed by atoms with Crippen molar-refractivity contribution in [2.75, 3.05) is 10.8 Å². The van der Waals surface area contributed by atoms with Gasteiger partial charge in [-0.05, 0) is 74.5 Å². The fourth-order valence-corrected chi connectivity index (χ4v) is 5.92. The lowest BCUT2D eigenvalue weighted by Gasteiger charge is -2.23. The monoisotopic (exact) mass is 572 g/mol. The summed E-state index contributed by atoms with van der Waals surface area (Å²) in [7, 11) is -4.11.